The Morgan fingerprint density at radius 3 is 2.89 bits per heavy atom. The number of hydrogen-bond acceptors (Lipinski definition) is 6. The highest BCUT2D eigenvalue weighted by Crippen LogP contribution is 2.31. The van der Waals surface area contributed by atoms with Crippen LogP contribution in [0.15, 0.2) is 12.1 Å². The van der Waals surface area contributed by atoms with E-state index in [4.69, 9.17) is 17.3 Å². The van der Waals surface area contributed by atoms with Gasteiger partial charge in [-0.05, 0) is 19.1 Å². The minimum absolute atomic E-state index is 0.0260. The number of hydrogen-bond donors (Lipinski definition) is 2. The molecular formula is C9H11ClN4O2S2. The number of aromatic nitrogens is 2. The summed E-state index contributed by atoms with van der Waals surface area (Å²) in [5.74, 6) is 0. The van der Waals surface area contributed by atoms with Gasteiger partial charge in [-0.15, -0.1) is 0 Å². The lowest BCUT2D eigenvalue weighted by molar-refractivity contribution is 0.589. The number of nitrogens with one attached hydrogen (secondary N) is 1. The Labute approximate surface area is 114 Å². The van der Waals surface area contributed by atoms with E-state index in [2.05, 4.69) is 13.5 Å². The van der Waals surface area contributed by atoms with Crippen LogP contribution in [0.5, 0.6) is 0 Å². The van der Waals surface area contributed by atoms with Crippen molar-refractivity contribution in [3.8, 4) is 0 Å². The average Bonchev–Trinajstić information content (AvgIpc) is 2.80. The van der Waals surface area contributed by atoms with Crippen molar-refractivity contribution in [2.24, 2.45) is 5.73 Å². The highest BCUT2D eigenvalue weighted by atomic mass is 35.5. The van der Waals surface area contributed by atoms with Gasteiger partial charge in [0.1, 0.15) is 11.0 Å². The highest BCUT2D eigenvalue weighted by Gasteiger charge is 2.22. The molecule has 0 fully saturated rings. The van der Waals surface area contributed by atoms with Crippen molar-refractivity contribution in [1.82, 2.24) is 8.75 Å². The molecule has 1 aromatic heterocycles. The van der Waals surface area contributed by atoms with Crippen LogP contribution >= 0.6 is 23.3 Å². The van der Waals surface area contributed by atoms with Crippen LogP contribution in [-0.4, -0.2) is 29.0 Å². The molecule has 0 spiro atoms. The van der Waals surface area contributed by atoms with Crippen LogP contribution in [0, 0.1) is 0 Å². The molecule has 0 aliphatic rings. The molecule has 0 radical (unpaired) electrons. The number of anilines is 1. The Hall–Kier alpha value is -0.960. The van der Waals surface area contributed by atoms with E-state index < -0.39 is 15.3 Å². The van der Waals surface area contributed by atoms with Gasteiger partial charge in [0.15, 0.2) is 0 Å². The number of sulfonamides is 1. The van der Waals surface area contributed by atoms with E-state index in [-0.39, 0.29) is 17.3 Å². The fraction of sp³-hybridized carbons (Fsp3) is 0.333. The van der Waals surface area contributed by atoms with Gasteiger partial charge in [0.2, 0.25) is 10.0 Å². The Morgan fingerprint density at radius 2 is 2.22 bits per heavy atom. The molecule has 6 nitrogen and oxygen atoms in total. The highest BCUT2D eigenvalue weighted by molar-refractivity contribution is 7.93. The van der Waals surface area contributed by atoms with Crippen LogP contribution in [0.25, 0.3) is 11.0 Å². The van der Waals surface area contributed by atoms with Crippen molar-refractivity contribution in [1.29, 1.82) is 0 Å². The molecule has 1 atom stereocenters. The largest absolute Gasteiger partial charge is 0.329 e. The van der Waals surface area contributed by atoms with E-state index in [1.54, 1.807) is 12.1 Å². The summed E-state index contributed by atoms with van der Waals surface area (Å²) in [6.45, 7) is 1.55. The molecule has 2 rings (SSSR count). The Morgan fingerprint density at radius 1 is 1.50 bits per heavy atom. The molecule has 0 amide bonds. The molecule has 1 heterocycles. The smallest absolute Gasteiger partial charge is 0.236 e. The third-order valence-corrected chi connectivity index (χ3v) is 5.08. The van der Waals surface area contributed by atoms with E-state index in [9.17, 15) is 8.42 Å². The van der Waals surface area contributed by atoms with E-state index in [1.807, 2.05) is 0 Å². The summed E-state index contributed by atoms with van der Waals surface area (Å²) in [4.78, 5) is 0. The standard InChI is InChI=1S/C9H11ClN4O2S2/c1-5(4-11)18(15,16)14-8-6(10)2-3-7-9(8)13-17-12-7/h2-3,5,14H,4,11H2,1H3. The molecular weight excluding hydrogens is 296 g/mol. The zero-order valence-electron chi connectivity index (χ0n) is 9.42. The van der Waals surface area contributed by atoms with Gasteiger partial charge in [0.25, 0.3) is 0 Å². The third-order valence-electron chi connectivity index (χ3n) is 2.48. The molecule has 98 valence electrons. The summed E-state index contributed by atoms with van der Waals surface area (Å²) < 4.78 is 34.4. The maximum atomic E-state index is 12.0. The van der Waals surface area contributed by atoms with Gasteiger partial charge in [-0.3, -0.25) is 4.72 Å². The minimum atomic E-state index is -3.58. The normalized spacial score (nSPS) is 13.7. The van der Waals surface area contributed by atoms with Gasteiger partial charge < -0.3 is 5.73 Å². The van der Waals surface area contributed by atoms with Gasteiger partial charge in [-0.2, -0.15) is 8.75 Å². The summed E-state index contributed by atoms with van der Waals surface area (Å²) in [5.41, 5.74) is 6.66. The lowest BCUT2D eigenvalue weighted by Crippen LogP contribution is -2.31. The third kappa shape index (κ3) is 2.41. The first-order valence-corrected chi connectivity index (χ1v) is 7.73. The van der Waals surface area contributed by atoms with E-state index in [1.165, 1.54) is 6.92 Å². The van der Waals surface area contributed by atoms with Crippen molar-refractivity contribution >= 4 is 50.1 Å². The molecule has 18 heavy (non-hydrogen) atoms. The quantitative estimate of drug-likeness (QED) is 0.890. The van der Waals surface area contributed by atoms with Gasteiger partial charge >= 0.3 is 0 Å². The number of nitrogens with zero attached hydrogens (tertiary/aromatic N) is 2. The second-order valence-corrected chi connectivity index (χ2v) is 6.78. The average molecular weight is 307 g/mol. The van der Waals surface area contributed by atoms with Crippen LogP contribution in [0.2, 0.25) is 5.02 Å². The molecule has 3 N–H and O–H groups in total. The lowest BCUT2D eigenvalue weighted by Gasteiger charge is -2.13. The predicted molar refractivity (Wildman–Crippen MR) is 73.5 cm³/mol. The van der Waals surface area contributed by atoms with Crippen LogP contribution in [0.3, 0.4) is 0 Å². The maximum Gasteiger partial charge on any atom is 0.236 e. The predicted octanol–water partition coefficient (Wildman–Crippen LogP) is 1.43. The maximum absolute atomic E-state index is 12.0. The van der Waals surface area contributed by atoms with Gasteiger partial charge in [-0.25, -0.2) is 8.42 Å². The summed E-state index contributed by atoms with van der Waals surface area (Å²) in [6, 6.07) is 3.27. The molecule has 2 aromatic rings. The summed E-state index contributed by atoms with van der Waals surface area (Å²) in [6.07, 6.45) is 0. The molecule has 0 saturated carbocycles. The van der Waals surface area contributed by atoms with Crippen LogP contribution in [0.4, 0.5) is 5.69 Å². The number of halogens is 1. The first-order chi connectivity index (χ1) is 8.45. The monoisotopic (exact) mass is 306 g/mol. The van der Waals surface area contributed by atoms with Gasteiger partial charge in [0, 0.05) is 6.54 Å². The van der Waals surface area contributed by atoms with Crippen molar-refractivity contribution < 1.29 is 8.42 Å². The summed E-state index contributed by atoms with van der Waals surface area (Å²) >= 11 is 6.99. The van der Waals surface area contributed by atoms with Crippen molar-refractivity contribution in [2.45, 2.75) is 12.2 Å². The van der Waals surface area contributed by atoms with Crippen molar-refractivity contribution in [3.05, 3.63) is 17.2 Å². The number of rotatable bonds is 4. The zero-order valence-corrected chi connectivity index (χ0v) is 11.8. The van der Waals surface area contributed by atoms with E-state index in [0.29, 0.717) is 11.0 Å². The number of nitrogens with two attached hydrogens (primary N) is 1. The van der Waals surface area contributed by atoms with Gasteiger partial charge in [-0.1, -0.05) is 11.6 Å². The Balaban J connectivity index is 2.49. The molecule has 0 aliphatic carbocycles. The minimum Gasteiger partial charge on any atom is -0.329 e. The molecule has 0 bridgehead atoms. The molecule has 0 aliphatic heterocycles. The molecule has 1 aromatic carbocycles. The fourth-order valence-corrected chi connectivity index (χ4v) is 3.04. The van der Waals surface area contributed by atoms with E-state index in [0.717, 1.165) is 11.7 Å². The van der Waals surface area contributed by atoms with E-state index >= 15 is 0 Å². The van der Waals surface area contributed by atoms with Crippen LogP contribution in [-0.2, 0) is 10.0 Å². The Bertz CT molecular complexity index is 670. The Kier molecular flexibility index (Phi) is 3.71. The lowest BCUT2D eigenvalue weighted by atomic mass is 10.3. The first-order valence-electron chi connectivity index (χ1n) is 5.08. The topological polar surface area (TPSA) is 98.0 Å². The first kappa shape index (κ1) is 13.5. The number of benzene rings is 1. The molecule has 9 heteroatoms. The van der Waals surface area contributed by atoms with Crippen LogP contribution in [0.1, 0.15) is 6.92 Å². The zero-order chi connectivity index (χ0) is 13.3. The molecule has 1 unspecified atom stereocenters. The summed E-state index contributed by atoms with van der Waals surface area (Å²) in [7, 11) is -3.58. The number of fused-ring (bicyclic) bond motifs is 1. The van der Waals surface area contributed by atoms with Gasteiger partial charge in [0.05, 0.1) is 27.7 Å². The second kappa shape index (κ2) is 4.96. The fourth-order valence-electron chi connectivity index (χ4n) is 1.29. The summed E-state index contributed by atoms with van der Waals surface area (Å²) in [5, 5.41) is -0.432. The SMILES string of the molecule is CC(CN)S(=O)(=O)Nc1c(Cl)ccc2nsnc12. The van der Waals surface area contributed by atoms with Crippen LogP contribution < -0.4 is 10.5 Å². The van der Waals surface area contributed by atoms with Crippen molar-refractivity contribution in [2.75, 3.05) is 11.3 Å². The second-order valence-electron chi connectivity index (χ2n) is 3.75. The van der Waals surface area contributed by atoms with Crippen molar-refractivity contribution in [3.63, 3.8) is 0 Å². The molecule has 0 saturated heterocycles.